The van der Waals surface area contributed by atoms with Gasteiger partial charge in [-0.25, -0.2) is 4.52 Å². The van der Waals surface area contributed by atoms with E-state index in [9.17, 15) is 4.79 Å². The molecule has 1 unspecified atom stereocenters. The van der Waals surface area contributed by atoms with E-state index in [4.69, 9.17) is 4.98 Å². The number of aromatic nitrogens is 5. The number of likely N-dealkylation sites (N-methyl/N-ethyl adjacent to an activating group) is 1. The zero-order valence-electron chi connectivity index (χ0n) is 15.1. The number of fused-ring (bicyclic) bond motifs is 1. The van der Waals surface area contributed by atoms with Crippen LogP contribution in [0.1, 0.15) is 37.3 Å². The highest BCUT2D eigenvalue weighted by Crippen LogP contribution is 2.39. The molecule has 1 aliphatic heterocycles. The highest BCUT2D eigenvalue weighted by Gasteiger charge is 2.32. The summed E-state index contributed by atoms with van der Waals surface area (Å²) in [6.07, 6.45) is 6.07. The van der Waals surface area contributed by atoms with E-state index in [1.54, 1.807) is 11.6 Å². The third-order valence-electron chi connectivity index (χ3n) is 5.30. The van der Waals surface area contributed by atoms with Crippen molar-refractivity contribution in [2.24, 2.45) is 0 Å². The maximum absolute atomic E-state index is 12.2. The average molecular weight is 366 g/mol. The van der Waals surface area contributed by atoms with Crippen LogP contribution in [-0.4, -0.2) is 50.3 Å². The molecule has 4 heterocycles. The van der Waals surface area contributed by atoms with Crippen LogP contribution in [0.2, 0.25) is 0 Å². The molecule has 0 aromatic carbocycles. The smallest absolute Gasteiger partial charge is 0.246 e. The standard InChI is InChI=1S/C18H22N8O/c1-19-17(27)14-5-2-8-25(14)18-21-16(13-4-3-9-26(13)24-18)20-15-10-12(22-23-15)11-6-7-11/h3-4,9-11,14H,2,5-8H2,1H3,(H,19,27)(H2,20,21,22,23,24). The Labute approximate surface area is 156 Å². The number of hydrogen-bond donors (Lipinski definition) is 3. The molecule has 9 nitrogen and oxygen atoms in total. The lowest BCUT2D eigenvalue weighted by Crippen LogP contribution is -2.43. The van der Waals surface area contributed by atoms with Crippen LogP contribution in [0.3, 0.4) is 0 Å². The van der Waals surface area contributed by atoms with Crippen molar-refractivity contribution in [2.45, 2.75) is 37.6 Å². The summed E-state index contributed by atoms with van der Waals surface area (Å²) in [5.41, 5.74) is 2.03. The Morgan fingerprint density at radius 1 is 1.33 bits per heavy atom. The molecule has 9 heteroatoms. The summed E-state index contributed by atoms with van der Waals surface area (Å²) in [7, 11) is 1.66. The minimum absolute atomic E-state index is 0.000381. The van der Waals surface area contributed by atoms with Gasteiger partial charge in [0.2, 0.25) is 11.9 Å². The van der Waals surface area contributed by atoms with Crippen molar-refractivity contribution in [1.29, 1.82) is 0 Å². The summed E-state index contributed by atoms with van der Waals surface area (Å²) in [5.74, 6) is 2.58. The molecular weight excluding hydrogens is 344 g/mol. The predicted octanol–water partition coefficient (Wildman–Crippen LogP) is 1.79. The maximum Gasteiger partial charge on any atom is 0.246 e. The second kappa shape index (κ2) is 6.26. The zero-order valence-corrected chi connectivity index (χ0v) is 15.1. The highest BCUT2D eigenvalue weighted by atomic mass is 16.2. The van der Waals surface area contributed by atoms with Crippen molar-refractivity contribution in [1.82, 2.24) is 30.1 Å². The molecule has 3 N–H and O–H groups in total. The van der Waals surface area contributed by atoms with Gasteiger partial charge in [0.25, 0.3) is 0 Å². The van der Waals surface area contributed by atoms with E-state index in [-0.39, 0.29) is 11.9 Å². The van der Waals surface area contributed by atoms with Crippen molar-refractivity contribution >= 4 is 29.0 Å². The van der Waals surface area contributed by atoms with Gasteiger partial charge in [0.15, 0.2) is 11.6 Å². The van der Waals surface area contributed by atoms with E-state index in [1.807, 2.05) is 29.3 Å². The summed E-state index contributed by atoms with van der Waals surface area (Å²) in [6.45, 7) is 0.762. The quantitative estimate of drug-likeness (QED) is 0.636. The van der Waals surface area contributed by atoms with Gasteiger partial charge in [-0.1, -0.05) is 0 Å². The molecule has 5 rings (SSSR count). The number of H-pyrrole nitrogens is 1. The molecule has 1 saturated carbocycles. The van der Waals surface area contributed by atoms with Crippen LogP contribution in [0.25, 0.3) is 5.52 Å². The number of hydrogen-bond acceptors (Lipinski definition) is 6. The molecule has 2 aliphatic rings. The average Bonchev–Trinajstić information content (AvgIpc) is 3.09. The summed E-state index contributed by atoms with van der Waals surface area (Å²) >= 11 is 0. The van der Waals surface area contributed by atoms with Crippen LogP contribution < -0.4 is 15.5 Å². The lowest BCUT2D eigenvalue weighted by Gasteiger charge is -2.23. The first-order chi connectivity index (χ1) is 13.2. The molecule has 0 radical (unpaired) electrons. The lowest BCUT2D eigenvalue weighted by atomic mass is 10.2. The summed E-state index contributed by atoms with van der Waals surface area (Å²) in [6, 6.07) is 5.70. The van der Waals surface area contributed by atoms with Crippen molar-refractivity contribution in [3.8, 4) is 0 Å². The molecule has 2 fully saturated rings. The fraction of sp³-hybridized carbons (Fsp3) is 0.444. The van der Waals surface area contributed by atoms with Crippen LogP contribution in [0.15, 0.2) is 24.4 Å². The van der Waals surface area contributed by atoms with Gasteiger partial charge in [0.1, 0.15) is 11.6 Å². The van der Waals surface area contributed by atoms with Gasteiger partial charge in [-0.05, 0) is 37.8 Å². The van der Waals surface area contributed by atoms with Crippen LogP contribution in [0.4, 0.5) is 17.6 Å². The van der Waals surface area contributed by atoms with Crippen molar-refractivity contribution in [2.75, 3.05) is 23.8 Å². The molecule has 1 atom stereocenters. The van der Waals surface area contributed by atoms with Crippen LogP contribution in [0, 0.1) is 0 Å². The SMILES string of the molecule is CNC(=O)C1CCCN1c1nc(Nc2cc(C3CC3)[nH]n2)c2cccn2n1. The summed E-state index contributed by atoms with van der Waals surface area (Å²) in [4.78, 5) is 18.9. The molecule has 3 aromatic rings. The number of amides is 1. The van der Waals surface area contributed by atoms with E-state index in [0.717, 1.165) is 36.4 Å². The molecule has 27 heavy (non-hydrogen) atoms. The van der Waals surface area contributed by atoms with Gasteiger partial charge in [0, 0.05) is 37.5 Å². The number of anilines is 3. The predicted molar refractivity (Wildman–Crippen MR) is 101 cm³/mol. The first kappa shape index (κ1) is 16.1. The van der Waals surface area contributed by atoms with Gasteiger partial charge in [-0.15, -0.1) is 5.10 Å². The number of nitrogens with zero attached hydrogens (tertiary/aromatic N) is 5. The first-order valence-corrected chi connectivity index (χ1v) is 9.39. The second-order valence-electron chi connectivity index (χ2n) is 7.17. The number of nitrogens with one attached hydrogen (secondary N) is 3. The molecule has 0 bridgehead atoms. The van der Waals surface area contributed by atoms with Gasteiger partial charge in [-0.3, -0.25) is 9.89 Å². The van der Waals surface area contributed by atoms with Gasteiger partial charge in [-0.2, -0.15) is 10.1 Å². The van der Waals surface area contributed by atoms with Gasteiger partial charge < -0.3 is 15.5 Å². The number of aromatic amines is 1. The molecule has 140 valence electrons. The molecule has 1 aliphatic carbocycles. The highest BCUT2D eigenvalue weighted by molar-refractivity contribution is 5.85. The third-order valence-corrected chi connectivity index (χ3v) is 5.30. The Balaban J connectivity index is 1.49. The zero-order chi connectivity index (χ0) is 18.4. The van der Waals surface area contributed by atoms with E-state index in [1.165, 1.54) is 12.8 Å². The van der Waals surface area contributed by atoms with E-state index >= 15 is 0 Å². The van der Waals surface area contributed by atoms with Gasteiger partial charge >= 0.3 is 0 Å². The normalized spacial score (nSPS) is 19.6. The topological polar surface area (TPSA) is 103 Å². The van der Waals surface area contributed by atoms with E-state index < -0.39 is 0 Å². The molecular formula is C18H22N8O. The number of carbonyl (C=O) groups excluding carboxylic acids is 1. The maximum atomic E-state index is 12.2. The largest absolute Gasteiger partial charge is 0.357 e. The Kier molecular flexibility index (Phi) is 3.73. The van der Waals surface area contributed by atoms with Crippen molar-refractivity contribution < 1.29 is 4.79 Å². The Bertz CT molecular complexity index is 988. The lowest BCUT2D eigenvalue weighted by molar-refractivity contribution is -0.121. The minimum atomic E-state index is -0.234. The molecule has 3 aromatic heterocycles. The van der Waals surface area contributed by atoms with E-state index in [0.29, 0.717) is 17.7 Å². The monoisotopic (exact) mass is 366 g/mol. The summed E-state index contributed by atoms with van der Waals surface area (Å²) in [5, 5.41) is 18.1. The minimum Gasteiger partial charge on any atom is -0.357 e. The van der Waals surface area contributed by atoms with E-state index in [2.05, 4.69) is 25.9 Å². The van der Waals surface area contributed by atoms with Crippen LogP contribution in [0.5, 0.6) is 0 Å². The van der Waals surface area contributed by atoms with Crippen molar-refractivity contribution in [3.05, 3.63) is 30.1 Å². The van der Waals surface area contributed by atoms with Crippen molar-refractivity contribution in [3.63, 3.8) is 0 Å². The fourth-order valence-corrected chi connectivity index (χ4v) is 3.71. The molecule has 0 spiro atoms. The Hall–Kier alpha value is -3.10. The third kappa shape index (κ3) is 2.88. The second-order valence-corrected chi connectivity index (χ2v) is 7.17. The summed E-state index contributed by atoms with van der Waals surface area (Å²) < 4.78 is 1.79. The Morgan fingerprint density at radius 2 is 2.22 bits per heavy atom. The van der Waals surface area contributed by atoms with Gasteiger partial charge in [0.05, 0.1) is 0 Å². The fourth-order valence-electron chi connectivity index (χ4n) is 3.71. The Morgan fingerprint density at radius 3 is 3.04 bits per heavy atom. The van der Waals surface area contributed by atoms with Crippen LogP contribution >= 0.6 is 0 Å². The van der Waals surface area contributed by atoms with Crippen LogP contribution in [-0.2, 0) is 4.79 Å². The number of carbonyl (C=O) groups is 1. The molecule has 1 saturated heterocycles. The molecule has 1 amide bonds. The first-order valence-electron chi connectivity index (χ1n) is 9.39. The number of rotatable bonds is 5.